The quantitative estimate of drug-likeness (QED) is 0.101. The molecular weight excluding hydrogens is 552 g/mol. The van der Waals surface area contributed by atoms with Gasteiger partial charge in [0, 0.05) is 5.70 Å². The van der Waals surface area contributed by atoms with E-state index in [0.717, 1.165) is 16.9 Å². The first kappa shape index (κ1) is 30.9. The van der Waals surface area contributed by atoms with Crippen LogP contribution in [0.5, 0.6) is 17.2 Å². The number of aliphatic hydroxyl groups excluding tert-OH is 1. The van der Waals surface area contributed by atoms with Crippen molar-refractivity contribution in [1.82, 2.24) is 16.1 Å². The summed E-state index contributed by atoms with van der Waals surface area (Å²) in [6.45, 7) is 6.20. The van der Waals surface area contributed by atoms with E-state index in [2.05, 4.69) is 27.2 Å². The lowest BCUT2D eigenvalue weighted by Gasteiger charge is -2.28. The first-order valence-electron chi connectivity index (χ1n) is 13.8. The molecular formula is C32H36N4O7. The molecule has 0 spiro atoms. The first-order chi connectivity index (χ1) is 20.8. The predicted octanol–water partition coefficient (Wildman–Crippen LogP) is 4.09. The molecule has 0 radical (unpaired) electrons. The Balaban J connectivity index is 1.32. The average molecular weight is 589 g/mol. The molecule has 1 heterocycles. The van der Waals surface area contributed by atoms with Crippen molar-refractivity contribution in [2.75, 3.05) is 20.3 Å². The molecule has 226 valence electrons. The maximum Gasteiger partial charge on any atom is 0.337 e. The van der Waals surface area contributed by atoms with E-state index >= 15 is 0 Å². The van der Waals surface area contributed by atoms with E-state index in [4.69, 9.17) is 18.9 Å². The lowest BCUT2D eigenvalue weighted by atomic mass is 9.95. The number of aliphatic hydroxyl groups is 1. The molecule has 3 aromatic carbocycles. The summed E-state index contributed by atoms with van der Waals surface area (Å²) in [6, 6.07) is 19.5. The van der Waals surface area contributed by atoms with Crippen LogP contribution in [0.2, 0.25) is 0 Å². The average Bonchev–Trinajstić information content (AvgIpc) is 2.99. The molecule has 1 aliphatic heterocycles. The van der Waals surface area contributed by atoms with Crippen molar-refractivity contribution in [3.63, 3.8) is 0 Å². The molecule has 0 aliphatic carbocycles. The monoisotopic (exact) mass is 588 g/mol. The van der Waals surface area contributed by atoms with Crippen LogP contribution in [0.15, 0.2) is 83.1 Å². The SMILES string of the molecule is CCOc1cc([C@H]2NC(=O)NC(C)=C2C(=O)OC)ccc1OC[C@@H](O)N/N=C\c1ccc(OCc2cccc(C)c2)cc1. The van der Waals surface area contributed by atoms with E-state index in [1.54, 1.807) is 31.3 Å². The van der Waals surface area contributed by atoms with E-state index in [1.807, 2.05) is 56.3 Å². The number of aryl methyl sites for hydroxylation is 1. The summed E-state index contributed by atoms with van der Waals surface area (Å²) in [4.78, 5) is 24.5. The third-order valence-corrected chi connectivity index (χ3v) is 6.48. The molecule has 0 saturated carbocycles. The van der Waals surface area contributed by atoms with Gasteiger partial charge in [0.25, 0.3) is 0 Å². The number of benzene rings is 3. The van der Waals surface area contributed by atoms with Gasteiger partial charge in [0.05, 0.1) is 31.5 Å². The normalized spacial score (nSPS) is 15.4. The summed E-state index contributed by atoms with van der Waals surface area (Å²) >= 11 is 0. The van der Waals surface area contributed by atoms with Crippen LogP contribution in [-0.2, 0) is 16.1 Å². The van der Waals surface area contributed by atoms with Gasteiger partial charge in [-0.2, -0.15) is 5.10 Å². The number of hydrazone groups is 1. The molecule has 0 unspecified atom stereocenters. The van der Waals surface area contributed by atoms with Crippen LogP contribution in [-0.4, -0.2) is 49.9 Å². The number of amides is 2. The molecule has 43 heavy (non-hydrogen) atoms. The van der Waals surface area contributed by atoms with Crippen molar-refractivity contribution in [3.8, 4) is 17.2 Å². The Morgan fingerprint density at radius 2 is 1.84 bits per heavy atom. The van der Waals surface area contributed by atoms with Crippen LogP contribution in [0.3, 0.4) is 0 Å². The Labute approximate surface area is 250 Å². The lowest BCUT2D eigenvalue weighted by Crippen LogP contribution is -2.45. The van der Waals surface area contributed by atoms with Crippen molar-refractivity contribution in [2.45, 2.75) is 39.6 Å². The minimum atomic E-state index is -1.11. The maximum absolute atomic E-state index is 12.4. The van der Waals surface area contributed by atoms with Gasteiger partial charge < -0.3 is 34.7 Å². The van der Waals surface area contributed by atoms with Gasteiger partial charge in [-0.15, -0.1) is 0 Å². The number of urea groups is 1. The van der Waals surface area contributed by atoms with Crippen molar-refractivity contribution in [3.05, 3.63) is 100 Å². The molecule has 4 N–H and O–H groups in total. The molecule has 1 aliphatic rings. The summed E-state index contributed by atoms with van der Waals surface area (Å²) in [6.07, 6.45) is 0.470. The summed E-state index contributed by atoms with van der Waals surface area (Å²) < 4.78 is 22.3. The summed E-state index contributed by atoms with van der Waals surface area (Å²) in [5.74, 6) is 0.934. The minimum Gasteiger partial charge on any atom is -0.490 e. The fourth-order valence-corrected chi connectivity index (χ4v) is 4.44. The molecule has 0 fully saturated rings. The number of hydrogen-bond acceptors (Lipinski definition) is 9. The zero-order chi connectivity index (χ0) is 30.8. The second-order valence-electron chi connectivity index (χ2n) is 9.76. The van der Waals surface area contributed by atoms with Crippen LogP contribution in [0.25, 0.3) is 0 Å². The highest BCUT2D eigenvalue weighted by molar-refractivity contribution is 5.95. The number of carbonyl (C=O) groups excluding carboxylic acids is 2. The van der Waals surface area contributed by atoms with Gasteiger partial charge in [0.15, 0.2) is 17.7 Å². The van der Waals surface area contributed by atoms with E-state index < -0.39 is 24.3 Å². The van der Waals surface area contributed by atoms with Gasteiger partial charge in [-0.1, -0.05) is 35.9 Å². The van der Waals surface area contributed by atoms with Crippen molar-refractivity contribution >= 4 is 18.2 Å². The highest BCUT2D eigenvalue weighted by Crippen LogP contribution is 2.35. The molecule has 4 rings (SSSR count). The number of nitrogens with zero attached hydrogens (tertiary/aromatic N) is 1. The van der Waals surface area contributed by atoms with E-state index in [-0.39, 0.29) is 12.2 Å². The molecule has 2 amide bonds. The molecule has 0 bridgehead atoms. The number of rotatable bonds is 13. The van der Waals surface area contributed by atoms with E-state index in [1.165, 1.54) is 12.7 Å². The zero-order valence-electron chi connectivity index (χ0n) is 24.5. The third kappa shape index (κ3) is 8.49. The van der Waals surface area contributed by atoms with E-state index in [0.29, 0.717) is 36.0 Å². The minimum absolute atomic E-state index is 0.126. The van der Waals surface area contributed by atoms with Crippen LogP contribution in [0, 0.1) is 6.92 Å². The largest absolute Gasteiger partial charge is 0.490 e. The summed E-state index contributed by atoms with van der Waals surface area (Å²) in [5, 5.41) is 19.8. The van der Waals surface area contributed by atoms with Gasteiger partial charge in [-0.3, -0.25) is 5.43 Å². The second-order valence-corrected chi connectivity index (χ2v) is 9.76. The molecule has 3 aromatic rings. The van der Waals surface area contributed by atoms with Gasteiger partial charge >= 0.3 is 12.0 Å². The third-order valence-electron chi connectivity index (χ3n) is 6.48. The zero-order valence-corrected chi connectivity index (χ0v) is 24.5. The Bertz CT molecular complexity index is 1490. The first-order valence-corrected chi connectivity index (χ1v) is 13.8. The standard InChI is InChI=1S/C32H36N4O7/c1-5-41-27-16-24(30-29(31(38)40-4)21(3)34-32(39)35-30)11-14-26(27)43-19-28(37)36-33-17-22-9-12-25(13-10-22)42-18-23-8-6-7-20(2)15-23/h6-17,28,30,36-37H,5,18-19H2,1-4H3,(H2,34,35,39)/b33-17-/t28-,30-/m1/s1. The Hall–Kier alpha value is -5.03. The molecule has 11 heteroatoms. The van der Waals surface area contributed by atoms with Crippen LogP contribution in [0.4, 0.5) is 4.79 Å². The van der Waals surface area contributed by atoms with E-state index in [9.17, 15) is 14.7 Å². The van der Waals surface area contributed by atoms with Crippen molar-refractivity contribution in [1.29, 1.82) is 0 Å². The summed E-state index contributed by atoms with van der Waals surface area (Å²) in [5.41, 5.74) is 7.02. The maximum atomic E-state index is 12.4. The number of hydrogen-bond donors (Lipinski definition) is 4. The lowest BCUT2D eigenvalue weighted by molar-refractivity contribution is -0.136. The molecule has 0 saturated heterocycles. The van der Waals surface area contributed by atoms with Gasteiger partial charge in [0.1, 0.15) is 19.0 Å². The Kier molecular flexibility index (Phi) is 10.6. The number of nitrogens with one attached hydrogen (secondary N) is 3. The fourth-order valence-electron chi connectivity index (χ4n) is 4.44. The number of methoxy groups -OCH3 is 1. The van der Waals surface area contributed by atoms with Crippen molar-refractivity contribution in [2.24, 2.45) is 5.10 Å². The van der Waals surface area contributed by atoms with Crippen molar-refractivity contribution < 1.29 is 33.6 Å². The predicted molar refractivity (Wildman–Crippen MR) is 161 cm³/mol. The van der Waals surface area contributed by atoms with Gasteiger partial charge in [-0.25, -0.2) is 9.59 Å². The number of esters is 1. The smallest absolute Gasteiger partial charge is 0.337 e. The highest BCUT2D eigenvalue weighted by atomic mass is 16.5. The van der Waals surface area contributed by atoms with Crippen LogP contribution >= 0.6 is 0 Å². The number of allylic oxidation sites excluding steroid dienone is 1. The number of carbonyl (C=O) groups is 2. The second kappa shape index (κ2) is 14.7. The molecule has 2 atom stereocenters. The van der Waals surface area contributed by atoms with Crippen LogP contribution < -0.4 is 30.3 Å². The Morgan fingerprint density at radius 3 is 2.56 bits per heavy atom. The summed E-state index contributed by atoms with van der Waals surface area (Å²) in [7, 11) is 1.28. The highest BCUT2D eigenvalue weighted by Gasteiger charge is 2.32. The topological polar surface area (TPSA) is 140 Å². The number of ether oxygens (including phenoxy) is 4. The van der Waals surface area contributed by atoms with Gasteiger partial charge in [-0.05, 0) is 73.9 Å². The van der Waals surface area contributed by atoms with Gasteiger partial charge in [0.2, 0.25) is 0 Å². The van der Waals surface area contributed by atoms with Crippen LogP contribution in [0.1, 0.15) is 42.1 Å². The Morgan fingerprint density at radius 1 is 1.05 bits per heavy atom. The fraction of sp³-hybridized carbons (Fsp3) is 0.281. The molecule has 11 nitrogen and oxygen atoms in total. The molecule has 0 aromatic heterocycles.